The Labute approximate surface area is 233 Å². The molecule has 0 aromatic heterocycles. The Morgan fingerprint density at radius 3 is 2.31 bits per heavy atom. The van der Waals surface area contributed by atoms with Crippen molar-refractivity contribution >= 4 is 35.0 Å². The van der Waals surface area contributed by atoms with Crippen LogP contribution in [0.2, 0.25) is 0 Å². The summed E-state index contributed by atoms with van der Waals surface area (Å²) < 4.78 is 5.39. The highest BCUT2D eigenvalue weighted by atomic mass is 32.2. The summed E-state index contributed by atoms with van der Waals surface area (Å²) in [6.07, 6.45) is 0. The van der Waals surface area contributed by atoms with E-state index in [0.717, 1.165) is 22.4 Å². The molecule has 1 atom stereocenters. The fraction of sp³-hybridized carbons (Fsp3) is 0.194. The van der Waals surface area contributed by atoms with E-state index in [-0.39, 0.29) is 17.6 Å². The van der Waals surface area contributed by atoms with Gasteiger partial charge in [-0.2, -0.15) is 5.26 Å². The van der Waals surface area contributed by atoms with Gasteiger partial charge in [0.25, 0.3) is 5.91 Å². The minimum Gasteiger partial charge on any atom is -0.495 e. The lowest BCUT2D eigenvalue weighted by Gasteiger charge is -2.30. The van der Waals surface area contributed by atoms with Gasteiger partial charge < -0.3 is 20.7 Å². The van der Waals surface area contributed by atoms with Gasteiger partial charge in [-0.3, -0.25) is 9.59 Å². The molecule has 8 heteroatoms. The number of benzene rings is 3. The Kier molecular flexibility index (Phi) is 8.74. The van der Waals surface area contributed by atoms with E-state index >= 15 is 0 Å². The predicted octanol–water partition coefficient (Wildman–Crippen LogP) is 6.02. The Morgan fingerprint density at radius 1 is 0.974 bits per heavy atom. The zero-order valence-corrected chi connectivity index (χ0v) is 23.1. The van der Waals surface area contributed by atoms with Crippen LogP contribution in [0.15, 0.2) is 94.7 Å². The number of hydrogen-bond donors (Lipinski definition) is 3. The number of aryl methyl sites for hydroxylation is 2. The molecule has 1 heterocycles. The molecule has 0 fully saturated rings. The van der Waals surface area contributed by atoms with Crippen LogP contribution in [-0.2, 0) is 9.59 Å². The fourth-order valence-electron chi connectivity index (χ4n) is 4.63. The molecule has 0 saturated carbocycles. The average molecular weight is 539 g/mol. The zero-order valence-electron chi connectivity index (χ0n) is 22.3. The molecule has 198 valence electrons. The van der Waals surface area contributed by atoms with Crippen LogP contribution in [0.1, 0.15) is 29.5 Å². The topological polar surface area (TPSA) is 103 Å². The number of allylic oxidation sites excluding steroid dienone is 2. The summed E-state index contributed by atoms with van der Waals surface area (Å²) in [5, 5.41) is 19.9. The van der Waals surface area contributed by atoms with E-state index in [1.165, 1.54) is 11.8 Å². The monoisotopic (exact) mass is 538 g/mol. The van der Waals surface area contributed by atoms with Gasteiger partial charge in [0.15, 0.2) is 0 Å². The molecule has 0 aliphatic carbocycles. The molecule has 0 bridgehead atoms. The minimum atomic E-state index is -0.614. The van der Waals surface area contributed by atoms with Crippen LogP contribution in [0, 0.1) is 25.2 Å². The number of nitriles is 1. The smallest absolute Gasteiger partial charge is 0.254 e. The van der Waals surface area contributed by atoms with Crippen LogP contribution in [0.25, 0.3) is 0 Å². The lowest BCUT2D eigenvalue weighted by Crippen LogP contribution is -2.31. The van der Waals surface area contributed by atoms with Crippen LogP contribution in [0.3, 0.4) is 0 Å². The van der Waals surface area contributed by atoms with Gasteiger partial charge in [0, 0.05) is 17.0 Å². The summed E-state index contributed by atoms with van der Waals surface area (Å²) in [5.41, 5.74) is 5.60. The van der Waals surface area contributed by atoms with Crippen molar-refractivity contribution in [1.29, 1.82) is 5.26 Å². The summed E-state index contributed by atoms with van der Waals surface area (Å²) in [6, 6.07) is 24.8. The minimum absolute atomic E-state index is 0.0953. The summed E-state index contributed by atoms with van der Waals surface area (Å²) in [4.78, 5) is 26.4. The van der Waals surface area contributed by atoms with E-state index in [1.807, 2.05) is 74.5 Å². The van der Waals surface area contributed by atoms with Gasteiger partial charge in [-0.25, -0.2) is 0 Å². The molecule has 4 rings (SSSR count). The van der Waals surface area contributed by atoms with Gasteiger partial charge >= 0.3 is 0 Å². The lowest BCUT2D eigenvalue weighted by molar-refractivity contribution is -0.114. The predicted molar refractivity (Wildman–Crippen MR) is 156 cm³/mol. The first-order valence-electron chi connectivity index (χ1n) is 12.4. The molecule has 1 aliphatic rings. The molecular formula is C31H30N4O3S. The van der Waals surface area contributed by atoms with Gasteiger partial charge in [-0.15, -0.1) is 0 Å². The van der Waals surface area contributed by atoms with E-state index in [2.05, 4.69) is 22.0 Å². The van der Waals surface area contributed by atoms with Crippen LogP contribution < -0.4 is 20.7 Å². The molecule has 7 nitrogen and oxygen atoms in total. The van der Waals surface area contributed by atoms with E-state index in [1.54, 1.807) is 26.2 Å². The highest BCUT2D eigenvalue weighted by molar-refractivity contribution is 8.03. The van der Waals surface area contributed by atoms with Crippen LogP contribution >= 0.6 is 11.8 Å². The van der Waals surface area contributed by atoms with Crippen molar-refractivity contribution in [3.8, 4) is 11.8 Å². The van der Waals surface area contributed by atoms with Crippen molar-refractivity contribution in [2.24, 2.45) is 0 Å². The number of ether oxygens (including phenoxy) is 1. The number of nitrogens with zero attached hydrogens (tertiary/aromatic N) is 1. The summed E-state index contributed by atoms with van der Waals surface area (Å²) in [5.74, 6) is -0.516. The van der Waals surface area contributed by atoms with Crippen molar-refractivity contribution in [2.45, 2.75) is 26.7 Å². The van der Waals surface area contributed by atoms with Gasteiger partial charge in [0.2, 0.25) is 5.91 Å². The summed E-state index contributed by atoms with van der Waals surface area (Å²) in [6.45, 7) is 5.76. The van der Waals surface area contributed by atoms with Crippen LogP contribution in [0.5, 0.6) is 5.75 Å². The molecule has 0 unspecified atom stereocenters. The molecule has 3 N–H and O–H groups in total. The number of anilines is 2. The van der Waals surface area contributed by atoms with Crippen LogP contribution in [0.4, 0.5) is 11.4 Å². The Hall–Kier alpha value is -4.48. The second-order valence-corrected chi connectivity index (χ2v) is 10.2. The number of nitrogens with one attached hydrogen (secondary N) is 3. The SMILES string of the molecule is COc1ccccc1NC(=O)C1=C(C)NC(SCC(=O)Nc2cc(C)cc(C)c2)=C(C#N)[C@H]1c1ccccc1. The second-order valence-electron chi connectivity index (χ2n) is 9.23. The van der Waals surface area contributed by atoms with Gasteiger partial charge in [0.1, 0.15) is 5.75 Å². The number of thioether (sulfide) groups is 1. The number of methoxy groups -OCH3 is 1. The first-order chi connectivity index (χ1) is 18.8. The van der Waals surface area contributed by atoms with Crippen molar-refractivity contribution in [2.75, 3.05) is 23.5 Å². The first-order valence-corrected chi connectivity index (χ1v) is 13.4. The summed E-state index contributed by atoms with van der Waals surface area (Å²) >= 11 is 1.24. The fourth-order valence-corrected chi connectivity index (χ4v) is 5.52. The number of rotatable bonds is 8. The Bertz CT molecular complexity index is 1490. The van der Waals surface area contributed by atoms with E-state index in [9.17, 15) is 14.9 Å². The van der Waals surface area contributed by atoms with Crippen molar-refractivity contribution < 1.29 is 14.3 Å². The van der Waals surface area contributed by atoms with E-state index in [4.69, 9.17) is 4.74 Å². The van der Waals surface area contributed by atoms with E-state index < -0.39 is 5.92 Å². The largest absolute Gasteiger partial charge is 0.495 e. The molecule has 0 saturated heterocycles. The lowest BCUT2D eigenvalue weighted by atomic mass is 9.82. The zero-order chi connectivity index (χ0) is 27.9. The number of para-hydroxylation sites is 2. The molecule has 3 aromatic carbocycles. The average Bonchev–Trinajstić information content (AvgIpc) is 2.91. The third kappa shape index (κ3) is 6.51. The number of amides is 2. The third-order valence-corrected chi connectivity index (χ3v) is 7.25. The van der Waals surface area contributed by atoms with Crippen LogP contribution in [-0.4, -0.2) is 24.7 Å². The standard InChI is InChI=1S/C31H30N4O3S/c1-19-14-20(2)16-23(15-19)34-27(36)18-39-31-24(17-32)29(22-10-6-5-7-11-22)28(21(3)33-31)30(37)35-25-12-8-9-13-26(25)38-4/h5-16,29,33H,18H2,1-4H3,(H,34,36)(H,35,37)/t29-/m1/s1. The number of carbonyl (C=O) groups is 2. The molecule has 39 heavy (non-hydrogen) atoms. The third-order valence-electron chi connectivity index (χ3n) is 6.23. The van der Waals surface area contributed by atoms with Crippen molar-refractivity contribution in [3.63, 3.8) is 0 Å². The molecule has 1 aliphatic heterocycles. The van der Waals surface area contributed by atoms with Gasteiger partial charge in [-0.1, -0.05) is 60.3 Å². The molecule has 3 aromatic rings. The van der Waals surface area contributed by atoms with Gasteiger partial charge in [-0.05, 0) is 61.7 Å². The Balaban J connectivity index is 1.62. The van der Waals surface area contributed by atoms with Crippen molar-refractivity contribution in [3.05, 3.63) is 111 Å². The molecule has 2 amide bonds. The number of carbonyl (C=O) groups excluding carboxylic acids is 2. The maximum atomic E-state index is 13.7. The Morgan fingerprint density at radius 2 is 1.64 bits per heavy atom. The normalized spacial score (nSPS) is 14.8. The quantitative estimate of drug-likeness (QED) is 0.324. The number of dihydropyridines is 1. The maximum absolute atomic E-state index is 13.7. The maximum Gasteiger partial charge on any atom is 0.254 e. The summed E-state index contributed by atoms with van der Waals surface area (Å²) in [7, 11) is 1.54. The number of hydrogen-bond acceptors (Lipinski definition) is 6. The second kappa shape index (κ2) is 12.4. The molecule has 0 spiro atoms. The molecule has 0 radical (unpaired) electrons. The van der Waals surface area contributed by atoms with E-state index in [0.29, 0.717) is 33.3 Å². The molecular weight excluding hydrogens is 508 g/mol. The highest BCUT2D eigenvalue weighted by Crippen LogP contribution is 2.41. The first kappa shape index (κ1) is 27.6. The highest BCUT2D eigenvalue weighted by Gasteiger charge is 2.35. The van der Waals surface area contributed by atoms with Gasteiger partial charge in [0.05, 0.1) is 41.1 Å². The van der Waals surface area contributed by atoms with Crippen molar-refractivity contribution in [1.82, 2.24) is 5.32 Å².